The predicted molar refractivity (Wildman–Crippen MR) is 61.6 cm³/mol. The van der Waals surface area contributed by atoms with Crippen molar-refractivity contribution in [2.45, 2.75) is 0 Å². The Hall–Kier alpha value is -1.92. The first-order valence-corrected chi connectivity index (χ1v) is 5.10. The lowest BCUT2D eigenvalue weighted by atomic mass is 10.1. The molecule has 0 radical (unpaired) electrons. The second kappa shape index (κ2) is 7.41. The third kappa shape index (κ3) is 3.54. The third-order valence-corrected chi connectivity index (χ3v) is 2.02. The summed E-state index contributed by atoms with van der Waals surface area (Å²) in [4.78, 5) is 22.6. The van der Waals surface area contributed by atoms with Crippen LogP contribution in [0.1, 0.15) is 20.7 Å². The number of rotatable bonds is 7. The molecule has 0 saturated carbocycles. The van der Waals surface area contributed by atoms with E-state index < -0.39 is 5.97 Å². The van der Waals surface area contributed by atoms with Crippen molar-refractivity contribution in [2.75, 3.05) is 27.8 Å². The second-order valence-corrected chi connectivity index (χ2v) is 3.23. The molecule has 6 nitrogen and oxygen atoms in total. The molecule has 6 heteroatoms. The van der Waals surface area contributed by atoms with E-state index in [0.29, 0.717) is 6.29 Å². The second-order valence-electron chi connectivity index (χ2n) is 3.23. The van der Waals surface area contributed by atoms with Crippen molar-refractivity contribution in [1.82, 2.24) is 0 Å². The molecule has 0 amide bonds. The number of hydrogen-bond donors (Lipinski definition) is 0. The normalized spacial score (nSPS) is 9.89. The minimum absolute atomic E-state index is 0.0740. The van der Waals surface area contributed by atoms with Gasteiger partial charge in [0.1, 0.15) is 11.3 Å². The number of methoxy groups -OCH3 is 2. The molecule has 0 fully saturated rings. The fourth-order valence-electron chi connectivity index (χ4n) is 1.28. The Morgan fingerprint density at radius 2 is 1.94 bits per heavy atom. The van der Waals surface area contributed by atoms with E-state index in [1.54, 1.807) is 6.07 Å². The summed E-state index contributed by atoms with van der Waals surface area (Å²) in [5.74, 6) is -0.498. The molecule has 1 aromatic carbocycles. The molecule has 0 aliphatic rings. The fourth-order valence-corrected chi connectivity index (χ4v) is 1.28. The Balaban J connectivity index is 3.00. The highest BCUT2D eigenvalue weighted by Crippen LogP contribution is 2.23. The van der Waals surface area contributed by atoms with Gasteiger partial charge >= 0.3 is 5.97 Å². The Morgan fingerprint density at radius 1 is 1.22 bits per heavy atom. The number of carbonyl (C=O) groups is 2. The first-order valence-electron chi connectivity index (χ1n) is 5.10. The maximum Gasteiger partial charge on any atom is 0.344 e. The van der Waals surface area contributed by atoms with Crippen molar-refractivity contribution in [2.24, 2.45) is 0 Å². The van der Waals surface area contributed by atoms with Crippen LogP contribution in [0.4, 0.5) is 0 Å². The molecule has 0 aromatic heterocycles. The van der Waals surface area contributed by atoms with Gasteiger partial charge in [0.2, 0.25) is 0 Å². The molecule has 0 bridgehead atoms. The topological polar surface area (TPSA) is 71.1 Å². The van der Waals surface area contributed by atoms with E-state index in [0.717, 1.165) is 0 Å². The van der Waals surface area contributed by atoms with Gasteiger partial charge in [-0.05, 0) is 12.1 Å². The molecule has 1 aromatic rings. The van der Waals surface area contributed by atoms with Crippen LogP contribution >= 0.6 is 0 Å². The molecule has 0 aliphatic carbocycles. The Bertz CT molecular complexity index is 415. The van der Waals surface area contributed by atoms with Crippen LogP contribution in [0.5, 0.6) is 5.75 Å². The van der Waals surface area contributed by atoms with Crippen LogP contribution in [0.15, 0.2) is 18.2 Å². The third-order valence-electron chi connectivity index (χ3n) is 2.02. The van der Waals surface area contributed by atoms with Crippen molar-refractivity contribution >= 4 is 12.3 Å². The summed E-state index contributed by atoms with van der Waals surface area (Å²) in [5, 5.41) is 0. The average molecular weight is 254 g/mol. The standard InChI is InChI=1S/C12H14O6/c1-15-7-17-11-9(6-13)4-3-5-10(11)12(14)18-8-16-2/h3-6H,7-8H2,1-2H3. The van der Waals surface area contributed by atoms with E-state index in [-0.39, 0.29) is 30.5 Å². The zero-order valence-electron chi connectivity index (χ0n) is 10.2. The summed E-state index contributed by atoms with van der Waals surface area (Å²) in [6.07, 6.45) is 0.595. The smallest absolute Gasteiger partial charge is 0.344 e. The van der Waals surface area contributed by atoms with E-state index in [1.807, 2.05) is 0 Å². The maximum atomic E-state index is 11.7. The molecular formula is C12H14O6. The minimum atomic E-state index is -0.633. The van der Waals surface area contributed by atoms with Gasteiger partial charge in [-0.25, -0.2) is 4.79 Å². The fraction of sp³-hybridized carbons (Fsp3) is 0.333. The average Bonchev–Trinajstić information content (AvgIpc) is 2.41. The Kier molecular flexibility index (Phi) is 5.83. The zero-order chi connectivity index (χ0) is 13.4. The molecule has 0 atom stereocenters. The molecule has 0 N–H and O–H groups in total. The molecule has 98 valence electrons. The number of hydrogen-bond acceptors (Lipinski definition) is 6. The van der Waals surface area contributed by atoms with E-state index in [9.17, 15) is 9.59 Å². The van der Waals surface area contributed by atoms with Gasteiger partial charge in [0.15, 0.2) is 19.9 Å². The maximum absolute atomic E-state index is 11.7. The van der Waals surface area contributed by atoms with Gasteiger partial charge in [0, 0.05) is 14.2 Å². The summed E-state index contributed by atoms with van der Waals surface area (Å²) in [5.41, 5.74) is 0.396. The van der Waals surface area contributed by atoms with Crippen LogP contribution in [0, 0.1) is 0 Å². The first-order chi connectivity index (χ1) is 8.74. The molecular weight excluding hydrogens is 240 g/mol. The number of ether oxygens (including phenoxy) is 4. The summed E-state index contributed by atoms with van der Waals surface area (Å²) in [7, 11) is 2.84. The summed E-state index contributed by atoms with van der Waals surface area (Å²) < 4.78 is 19.4. The highest BCUT2D eigenvalue weighted by Gasteiger charge is 2.17. The van der Waals surface area contributed by atoms with Crippen molar-refractivity contribution in [1.29, 1.82) is 0 Å². The lowest BCUT2D eigenvalue weighted by Crippen LogP contribution is -2.12. The largest absolute Gasteiger partial charge is 0.466 e. The van der Waals surface area contributed by atoms with Gasteiger partial charge in [0.05, 0.1) is 5.56 Å². The Labute approximate surface area is 104 Å². The van der Waals surface area contributed by atoms with Gasteiger partial charge in [-0.15, -0.1) is 0 Å². The van der Waals surface area contributed by atoms with E-state index in [1.165, 1.54) is 26.4 Å². The Morgan fingerprint density at radius 3 is 2.56 bits per heavy atom. The number of aldehydes is 1. The summed E-state index contributed by atoms with van der Waals surface area (Å²) >= 11 is 0. The number of benzene rings is 1. The quantitative estimate of drug-likeness (QED) is 0.414. The van der Waals surface area contributed by atoms with Crippen molar-refractivity contribution in [3.8, 4) is 5.75 Å². The van der Waals surface area contributed by atoms with Crippen LogP contribution in [0.3, 0.4) is 0 Å². The first kappa shape index (κ1) is 14.1. The molecule has 1 rings (SSSR count). The predicted octanol–water partition coefficient (Wildman–Crippen LogP) is 1.24. The molecule has 0 saturated heterocycles. The summed E-state index contributed by atoms with van der Waals surface area (Å²) in [6, 6.07) is 4.59. The van der Waals surface area contributed by atoms with Crippen molar-refractivity contribution < 1.29 is 28.5 Å². The van der Waals surface area contributed by atoms with Crippen LogP contribution in [-0.4, -0.2) is 40.1 Å². The van der Waals surface area contributed by atoms with E-state index in [4.69, 9.17) is 14.2 Å². The van der Waals surface area contributed by atoms with Gasteiger partial charge < -0.3 is 18.9 Å². The zero-order valence-corrected chi connectivity index (χ0v) is 10.2. The molecule has 0 aliphatic heterocycles. The number of carbonyl (C=O) groups excluding carboxylic acids is 2. The van der Waals surface area contributed by atoms with E-state index in [2.05, 4.69) is 4.74 Å². The highest BCUT2D eigenvalue weighted by molar-refractivity contribution is 5.96. The van der Waals surface area contributed by atoms with Crippen molar-refractivity contribution in [3.05, 3.63) is 29.3 Å². The number of para-hydroxylation sites is 1. The van der Waals surface area contributed by atoms with Crippen LogP contribution in [0.25, 0.3) is 0 Å². The lowest BCUT2D eigenvalue weighted by molar-refractivity contribution is -0.0132. The monoisotopic (exact) mass is 254 g/mol. The minimum Gasteiger partial charge on any atom is -0.466 e. The SMILES string of the molecule is COCOC(=O)c1cccc(C=O)c1OCOC. The molecule has 0 heterocycles. The van der Waals surface area contributed by atoms with Crippen molar-refractivity contribution in [3.63, 3.8) is 0 Å². The molecule has 0 unspecified atom stereocenters. The van der Waals surface area contributed by atoms with Gasteiger partial charge in [0.25, 0.3) is 0 Å². The van der Waals surface area contributed by atoms with Crippen LogP contribution < -0.4 is 4.74 Å². The van der Waals surface area contributed by atoms with Crippen LogP contribution in [0.2, 0.25) is 0 Å². The number of esters is 1. The van der Waals surface area contributed by atoms with Gasteiger partial charge in [-0.1, -0.05) is 6.07 Å². The van der Waals surface area contributed by atoms with Gasteiger partial charge in [-0.2, -0.15) is 0 Å². The highest BCUT2D eigenvalue weighted by atomic mass is 16.7. The van der Waals surface area contributed by atoms with E-state index >= 15 is 0 Å². The molecule has 18 heavy (non-hydrogen) atoms. The summed E-state index contributed by atoms with van der Waals surface area (Å²) in [6.45, 7) is -0.247. The lowest BCUT2D eigenvalue weighted by Gasteiger charge is -2.12. The molecule has 0 spiro atoms. The van der Waals surface area contributed by atoms with Crippen LogP contribution in [-0.2, 0) is 14.2 Å². The van der Waals surface area contributed by atoms with Gasteiger partial charge in [-0.3, -0.25) is 4.79 Å².